The first-order valence-corrected chi connectivity index (χ1v) is 7.73. The Kier molecular flexibility index (Phi) is 6.94. The molecule has 1 aromatic heterocycles. The molecule has 0 fully saturated rings. The molecule has 10 heteroatoms. The summed E-state index contributed by atoms with van der Waals surface area (Å²) in [6.45, 7) is 0.257. The van der Waals surface area contributed by atoms with Crippen molar-refractivity contribution in [3.8, 4) is 11.6 Å². The van der Waals surface area contributed by atoms with Crippen LogP contribution in [0.1, 0.15) is 23.5 Å². The molecule has 3 rings (SSSR count). The SMILES string of the molecule is F[N-]Cc1ccc(OC(F)(F)F)cc1.O=C(O)C1CCOc2ncccc21. The number of aromatic nitrogens is 1. The third-order valence-corrected chi connectivity index (χ3v) is 3.52. The van der Waals surface area contributed by atoms with E-state index in [1.165, 1.54) is 12.1 Å². The van der Waals surface area contributed by atoms with Gasteiger partial charge in [0.15, 0.2) is 0 Å². The number of carboxylic acid groups (broad SMARTS) is 1. The van der Waals surface area contributed by atoms with E-state index in [-0.39, 0.29) is 12.3 Å². The maximum absolute atomic E-state index is 11.7. The van der Waals surface area contributed by atoms with E-state index in [0.29, 0.717) is 30.0 Å². The molecule has 1 aliphatic heterocycles. The zero-order valence-corrected chi connectivity index (χ0v) is 13.8. The normalized spacial score (nSPS) is 15.6. The fourth-order valence-corrected chi connectivity index (χ4v) is 2.34. The molecule has 146 valence electrons. The molecular formula is C17H15F4N2O4-. The predicted molar refractivity (Wildman–Crippen MR) is 86.0 cm³/mol. The molecule has 0 amide bonds. The summed E-state index contributed by atoms with van der Waals surface area (Å²) in [4.78, 5) is 14.8. The third-order valence-electron chi connectivity index (χ3n) is 3.52. The molecule has 0 saturated heterocycles. The van der Waals surface area contributed by atoms with E-state index in [1.54, 1.807) is 18.3 Å². The zero-order valence-electron chi connectivity index (χ0n) is 13.8. The summed E-state index contributed by atoms with van der Waals surface area (Å²) in [6, 6.07) is 8.31. The molecule has 2 heterocycles. The summed E-state index contributed by atoms with van der Waals surface area (Å²) in [6.07, 6.45) is -2.58. The lowest BCUT2D eigenvalue weighted by Gasteiger charge is -2.21. The van der Waals surface area contributed by atoms with Gasteiger partial charge in [-0.05, 0) is 24.6 Å². The van der Waals surface area contributed by atoms with Crippen LogP contribution >= 0.6 is 0 Å². The molecule has 0 bridgehead atoms. The smallest absolute Gasteiger partial charge is 0.488 e. The summed E-state index contributed by atoms with van der Waals surface area (Å²) in [5, 5.41) is 8.90. The van der Waals surface area contributed by atoms with Crippen molar-refractivity contribution >= 4 is 5.97 Å². The van der Waals surface area contributed by atoms with Crippen molar-refractivity contribution in [1.29, 1.82) is 0 Å². The van der Waals surface area contributed by atoms with Gasteiger partial charge in [-0.25, -0.2) is 4.98 Å². The number of hydrogen-bond donors (Lipinski definition) is 1. The maximum Gasteiger partial charge on any atom is 0.573 e. The number of halogens is 4. The Hall–Kier alpha value is -2.88. The second-order valence-electron chi connectivity index (χ2n) is 5.40. The minimum absolute atomic E-state index is 0.174. The summed E-state index contributed by atoms with van der Waals surface area (Å²) < 4.78 is 55.4. The fraction of sp³-hybridized carbons (Fsp3) is 0.294. The Bertz CT molecular complexity index is 753. The Morgan fingerprint density at radius 1 is 1.30 bits per heavy atom. The third kappa shape index (κ3) is 6.41. The van der Waals surface area contributed by atoms with Crippen LogP contribution in [0.3, 0.4) is 0 Å². The highest BCUT2D eigenvalue weighted by molar-refractivity contribution is 5.77. The largest absolute Gasteiger partial charge is 0.573 e. The number of benzene rings is 1. The number of pyridine rings is 1. The van der Waals surface area contributed by atoms with Crippen LogP contribution in [-0.4, -0.2) is 29.0 Å². The molecule has 1 aliphatic rings. The minimum atomic E-state index is -4.70. The lowest BCUT2D eigenvalue weighted by Crippen LogP contribution is -2.21. The van der Waals surface area contributed by atoms with Crippen LogP contribution in [0.5, 0.6) is 11.6 Å². The molecule has 6 nitrogen and oxygen atoms in total. The lowest BCUT2D eigenvalue weighted by atomic mass is 9.96. The molecule has 1 N–H and O–H groups in total. The van der Waals surface area contributed by atoms with Crippen LogP contribution < -0.4 is 9.47 Å². The zero-order chi connectivity index (χ0) is 19.9. The van der Waals surface area contributed by atoms with Gasteiger partial charge in [-0.3, -0.25) is 4.79 Å². The van der Waals surface area contributed by atoms with Gasteiger partial charge in [-0.15, -0.1) is 19.7 Å². The standard InChI is InChI=1S/C9H9NO3.C8H6F4NO/c11-9(12)7-3-5-13-8-6(7)2-1-4-10-8;9-8(10,11)14-7-3-1-6(2-4-7)5-13-12/h1-2,4,7H,3,5H2,(H,11,12);1-4H,5H2/q;-1. The van der Waals surface area contributed by atoms with Gasteiger partial charge in [0.25, 0.3) is 0 Å². The van der Waals surface area contributed by atoms with Crippen LogP contribution in [0.15, 0.2) is 42.6 Å². The van der Waals surface area contributed by atoms with Crippen molar-refractivity contribution in [3.63, 3.8) is 0 Å². The molecule has 2 aromatic rings. The Morgan fingerprint density at radius 2 is 2.00 bits per heavy atom. The number of nitrogens with zero attached hydrogens (tertiary/aromatic N) is 2. The maximum atomic E-state index is 11.7. The molecule has 0 aliphatic carbocycles. The van der Waals surface area contributed by atoms with E-state index >= 15 is 0 Å². The van der Waals surface area contributed by atoms with Crippen molar-refractivity contribution in [2.45, 2.75) is 25.2 Å². The Labute approximate surface area is 151 Å². The van der Waals surface area contributed by atoms with Gasteiger partial charge in [0.05, 0.1) is 12.5 Å². The number of carboxylic acids is 1. The summed E-state index contributed by atoms with van der Waals surface area (Å²) in [5.74, 6) is -1.14. The van der Waals surface area contributed by atoms with Crippen molar-refractivity contribution in [3.05, 3.63) is 59.3 Å². The summed E-state index contributed by atoms with van der Waals surface area (Å²) in [7, 11) is 0. The molecule has 0 radical (unpaired) electrons. The van der Waals surface area contributed by atoms with Gasteiger partial charge in [-0.1, -0.05) is 23.8 Å². The van der Waals surface area contributed by atoms with Gasteiger partial charge in [0.1, 0.15) is 5.75 Å². The van der Waals surface area contributed by atoms with Crippen molar-refractivity contribution < 1.29 is 37.0 Å². The lowest BCUT2D eigenvalue weighted by molar-refractivity contribution is -0.274. The van der Waals surface area contributed by atoms with Crippen molar-refractivity contribution in [2.24, 2.45) is 0 Å². The first kappa shape index (κ1) is 20.4. The highest BCUT2D eigenvalue weighted by atomic mass is 19.4. The van der Waals surface area contributed by atoms with Gasteiger partial charge in [-0.2, -0.15) is 0 Å². The van der Waals surface area contributed by atoms with Crippen LogP contribution in [-0.2, 0) is 11.3 Å². The van der Waals surface area contributed by atoms with E-state index in [9.17, 15) is 22.4 Å². The Balaban J connectivity index is 0.000000194. The fourth-order valence-electron chi connectivity index (χ4n) is 2.34. The minimum Gasteiger partial charge on any atom is -0.488 e. The van der Waals surface area contributed by atoms with Crippen molar-refractivity contribution in [2.75, 3.05) is 6.61 Å². The number of aliphatic carboxylic acids is 1. The van der Waals surface area contributed by atoms with Gasteiger partial charge >= 0.3 is 12.3 Å². The van der Waals surface area contributed by atoms with E-state index < -0.39 is 18.2 Å². The first-order chi connectivity index (χ1) is 12.8. The quantitative estimate of drug-likeness (QED) is 0.788. The first-order valence-electron chi connectivity index (χ1n) is 7.73. The molecule has 1 atom stereocenters. The average Bonchev–Trinajstić information content (AvgIpc) is 2.62. The van der Waals surface area contributed by atoms with Gasteiger partial charge in [0.2, 0.25) is 5.88 Å². The highest BCUT2D eigenvalue weighted by Crippen LogP contribution is 2.31. The molecule has 0 spiro atoms. The van der Waals surface area contributed by atoms with E-state index in [4.69, 9.17) is 9.84 Å². The second-order valence-corrected chi connectivity index (χ2v) is 5.40. The van der Waals surface area contributed by atoms with E-state index in [2.05, 4.69) is 15.3 Å². The molecule has 0 saturated carbocycles. The van der Waals surface area contributed by atoms with E-state index in [1.807, 2.05) is 0 Å². The average molecular weight is 387 g/mol. The number of carbonyl (C=O) groups is 1. The molecule has 1 aromatic carbocycles. The van der Waals surface area contributed by atoms with Gasteiger partial charge < -0.3 is 24.6 Å². The molecule has 27 heavy (non-hydrogen) atoms. The Morgan fingerprint density at radius 3 is 2.59 bits per heavy atom. The predicted octanol–water partition coefficient (Wildman–Crippen LogP) is 4.38. The van der Waals surface area contributed by atoms with E-state index in [0.717, 1.165) is 12.1 Å². The van der Waals surface area contributed by atoms with Crippen LogP contribution in [0.2, 0.25) is 0 Å². The van der Waals surface area contributed by atoms with Crippen molar-refractivity contribution in [1.82, 2.24) is 4.98 Å². The molecule has 1 unspecified atom stereocenters. The number of alkyl halides is 3. The number of ether oxygens (including phenoxy) is 2. The number of rotatable bonds is 4. The number of fused-ring (bicyclic) bond motifs is 1. The second kappa shape index (κ2) is 9.17. The summed E-state index contributed by atoms with van der Waals surface area (Å²) in [5.41, 5.74) is 3.50. The van der Waals surface area contributed by atoms with Crippen LogP contribution in [0.25, 0.3) is 5.54 Å². The van der Waals surface area contributed by atoms with Crippen LogP contribution in [0, 0.1) is 0 Å². The topological polar surface area (TPSA) is 82.8 Å². The highest BCUT2D eigenvalue weighted by Gasteiger charge is 2.31. The molecular weight excluding hydrogens is 372 g/mol. The number of hydrogen-bond acceptors (Lipinski definition) is 4. The summed E-state index contributed by atoms with van der Waals surface area (Å²) >= 11 is 0. The monoisotopic (exact) mass is 387 g/mol. The van der Waals surface area contributed by atoms with Gasteiger partial charge in [0, 0.05) is 11.8 Å². The van der Waals surface area contributed by atoms with Crippen LogP contribution in [0.4, 0.5) is 17.7 Å².